The van der Waals surface area contributed by atoms with Gasteiger partial charge in [-0.05, 0) is 24.3 Å². The maximum absolute atomic E-state index is 13.6. The minimum Gasteiger partial charge on any atom is -0.493 e. The Morgan fingerprint density at radius 2 is 1.92 bits per heavy atom. The van der Waals surface area contributed by atoms with Gasteiger partial charge in [0.05, 0.1) is 12.8 Å². The monoisotopic (exact) mass is 359 g/mol. The van der Waals surface area contributed by atoms with Crippen LogP contribution in [0.5, 0.6) is 17.2 Å². The van der Waals surface area contributed by atoms with Crippen LogP contribution in [-0.2, 0) is 0 Å². The molecule has 0 aliphatic heterocycles. The fraction of sp³-hybridized carbons (Fsp3) is 0.0588. The Morgan fingerprint density at radius 3 is 2.64 bits per heavy atom. The number of nitrogens with one attached hydrogen (secondary N) is 2. The summed E-state index contributed by atoms with van der Waals surface area (Å²) in [5.41, 5.74) is 0.307. The number of thiazole rings is 1. The lowest BCUT2D eigenvalue weighted by molar-refractivity contribution is 0.262. The molecule has 0 aliphatic carbocycles. The Hall–Kier alpha value is -3.13. The van der Waals surface area contributed by atoms with Crippen molar-refractivity contribution in [1.82, 2.24) is 4.98 Å². The van der Waals surface area contributed by atoms with Crippen molar-refractivity contribution in [2.24, 2.45) is 0 Å². The zero-order valence-corrected chi connectivity index (χ0v) is 14.0. The average Bonchev–Trinajstić information content (AvgIpc) is 3.10. The van der Waals surface area contributed by atoms with Gasteiger partial charge in [0.2, 0.25) is 0 Å². The van der Waals surface area contributed by atoms with Crippen molar-refractivity contribution in [2.45, 2.75) is 0 Å². The third-order valence-electron chi connectivity index (χ3n) is 3.13. The number of amides is 2. The van der Waals surface area contributed by atoms with Crippen LogP contribution in [0.2, 0.25) is 0 Å². The van der Waals surface area contributed by atoms with E-state index in [1.807, 2.05) is 0 Å². The standard InChI is InChI=1S/C17H14FN3O3S/c1-23-13-4-2-3-5-14(13)24-15-10-11(18)6-7-12(15)20-16(22)21-17-19-8-9-25-17/h2-10H,1H3,(H2,19,20,21,22). The van der Waals surface area contributed by atoms with Crippen molar-refractivity contribution < 1.29 is 18.7 Å². The average molecular weight is 359 g/mol. The van der Waals surface area contributed by atoms with E-state index in [1.54, 1.807) is 35.8 Å². The molecule has 0 saturated heterocycles. The summed E-state index contributed by atoms with van der Waals surface area (Å²) in [5.74, 6) is 0.554. The van der Waals surface area contributed by atoms with Gasteiger partial charge in [0.25, 0.3) is 0 Å². The van der Waals surface area contributed by atoms with E-state index < -0.39 is 11.8 Å². The molecule has 0 spiro atoms. The summed E-state index contributed by atoms with van der Waals surface area (Å²) in [6, 6.07) is 10.3. The first kappa shape index (κ1) is 16.7. The molecular weight excluding hydrogens is 345 g/mol. The molecule has 1 heterocycles. The van der Waals surface area contributed by atoms with Gasteiger partial charge in [-0.2, -0.15) is 0 Å². The molecule has 0 radical (unpaired) electrons. The van der Waals surface area contributed by atoms with Gasteiger partial charge in [-0.15, -0.1) is 11.3 Å². The van der Waals surface area contributed by atoms with Gasteiger partial charge in [-0.25, -0.2) is 14.2 Å². The molecule has 25 heavy (non-hydrogen) atoms. The zero-order chi connectivity index (χ0) is 17.6. The lowest BCUT2D eigenvalue weighted by Crippen LogP contribution is -2.19. The van der Waals surface area contributed by atoms with Crippen LogP contribution in [0.4, 0.5) is 20.0 Å². The molecule has 1 aromatic heterocycles. The van der Waals surface area contributed by atoms with Crippen molar-refractivity contribution in [3.05, 3.63) is 59.9 Å². The SMILES string of the molecule is COc1ccccc1Oc1cc(F)ccc1NC(=O)Nc1nccs1. The number of aromatic nitrogens is 1. The van der Waals surface area contributed by atoms with E-state index in [9.17, 15) is 9.18 Å². The molecule has 128 valence electrons. The van der Waals surface area contributed by atoms with Crippen LogP contribution in [-0.4, -0.2) is 18.1 Å². The molecule has 6 nitrogen and oxygen atoms in total. The van der Waals surface area contributed by atoms with E-state index in [4.69, 9.17) is 9.47 Å². The second-order valence-corrected chi connectivity index (χ2v) is 5.70. The number of rotatable bonds is 5. The van der Waals surface area contributed by atoms with E-state index in [0.29, 0.717) is 22.3 Å². The Morgan fingerprint density at radius 1 is 1.12 bits per heavy atom. The number of halogens is 1. The maximum Gasteiger partial charge on any atom is 0.325 e. The number of para-hydroxylation sites is 2. The van der Waals surface area contributed by atoms with E-state index in [-0.39, 0.29) is 5.75 Å². The van der Waals surface area contributed by atoms with Gasteiger partial charge in [0.1, 0.15) is 5.82 Å². The van der Waals surface area contributed by atoms with Gasteiger partial charge in [0, 0.05) is 17.6 Å². The number of carbonyl (C=O) groups excluding carboxylic acids is 1. The van der Waals surface area contributed by atoms with Gasteiger partial charge in [-0.1, -0.05) is 12.1 Å². The molecule has 2 aromatic carbocycles. The largest absolute Gasteiger partial charge is 0.493 e. The number of carbonyl (C=O) groups is 1. The minimum atomic E-state index is -0.508. The number of urea groups is 1. The summed E-state index contributed by atoms with van der Waals surface area (Å²) in [6.45, 7) is 0. The second kappa shape index (κ2) is 7.63. The lowest BCUT2D eigenvalue weighted by atomic mass is 10.2. The molecule has 0 aliphatic rings. The summed E-state index contributed by atoms with van der Waals surface area (Å²) >= 11 is 1.29. The summed E-state index contributed by atoms with van der Waals surface area (Å²) in [7, 11) is 1.51. The third kappa shape index (κ3) is 4.24. The summed E-state index contributed by atoms with van der Waals surface area (Å²) in [4.78, 5) is 16.0. The molecule has 0 fully saturated rings. The summed E-state index contributed by atoms with van der Waals surface area (Å²) in [5, 5.41) is 7.39. The van der Waals surface area contributed by atoms with Gasteiger partial charge < -0.3 is 14.8 Å². The van der Waals surface area contributed by atoms with Crippen LogP contribution in [0, 0.1) is 5.82 Å². The molecule has 0 bridgehead atoms. The van der Waals surface area contributed by atoms with E-state index in [0.717, 1.165) is 0 Å². The predicted molar refractivity (Wildman–Crippen MR) is 94.2 cm³/mol. The molecule has 3 rings (SSSR count). The molecule has 0 atom stereocenters. The van der Waals surface area contributed by atoms with Gasteiger partial charge in [0.15, 0.2) is 22.4 Å². The molecule has 2 amide bonds. The molecular formula is C17H14FN3O3S. The highest BCUT2D eigenvalue weighted by molar-refractivity contribution is 7.13. The number of hydrogen-bond acceptors (Lipinski definition) is 5. The highest BCUT2D eigenvalue weighted by atomic mass is 32.1. The van der Waals surface area contributed by atoms with Crippen molar-refractivity contribution in [3.63, 3.8) is 0 Å². The Kier molecular flexibility index (Phi) is 5.10. The normalized spacial score (nSPS) is 10.2. The van der Waals surface area contributed by atoms with Gasteiger partial charge >= 0.3 is 6.03 Å². The van der Waals surface area contributed by atoms with Gasteiger partial charge in [-0.3, -0.25) is 5.32 Å². The fourth-order valence-electron chi connectivity index (χ4n) is 2.04. The topological polar surface area (TPSA) is 72.5 Å². The lowest BCUT2D eigenvalue weighted by Gasteiger charge is -2.14. The number of hydrogen-bond donors (Lipinski definition) is 2. The summed E-state index contributed by atoms with van der Waals surface area (Å²) < 4.78 is 24.6. The maximum atomic E-state index is 13.6. The Labute approximate surface area is 147 Å². The quantitative estimate of drug-likeness (QED) is 0.691. The first-order valence-electron chi connectivity index (χ1n) is 7.23. The fourth-order valence-corrected chi connectivity index (χ4v) is 2.57. The van der Waals surface area contributed by atoms with E-state index in [2.05, 4.69) is 15.6 Å². The molecule has 3 aromatic rings. The number of ether oxygens (including phenoxy) is 2. The molecule has 2 N–H and O–H groups in total. The third-order valence-corrected chi connectivity index (χ3v) is 3.82. The first-order chi connectivity index (χ1) is 12.2. The predicted octanol–water partition coefficient (Wildman–Crippen LogP) is 4.73. The highest BCUT2D eigenvalue weighted by Crippen LogP contribution is 2.35. The van der Waals surface area contributed by atoms with Crippen molar-refractivity contribution in [2.75, 3.05) is 17.7 Å². The van der Waals surface area contributed by atoms with Crippen molar-refractivity contribution >= 4 is 28.2 Å². The number of nitrogens with zero attached hydrogens (tertiary/aromatic N) is 1. The van der Waals surface area contributed by atoms with Crippen LogP contribution in [0.15, 0.2) is 54.0 Å². The Balaban J connectivity index is 1.81. The van der Waals surface area contributed by atoms with E-state index >= 15 is 0 Å². The Bertz CT molecular complexity index is 871. The second-order valence-electron chi connectivity index (χ2n) is 4.81. The van der Waals surface area contributed by atoms with Crippen molar-refractivity contribution in [3.8, 4) is 17.2 Å². The zero-order valence-electron chi connectivity index (χ0n) is 13.2. The number of methoxy groups -OCH3 is 1. The van der Waals surface area contributed by atoms with Crippen molar-refractivity contribution in [1.29, 1.82) is 0 Å². The highest BCUT2D eigenvalue weighted by Gasteiger charge is 2.13. The van der Waals surface area contributed by atoms with Crippen LogP contribution in [0.25, 0.3) is 0 Å². The molecule has 0 saturated carbocycles. The first-order valence-corrected chi connectivity index (χ1v) is 8.11. The summed E-state index contributed by atoms with van der Waals surface area (Å²) in [6.07, 6.45) is 1.58. The van der Waals surface area contributed by atoms with E-state index in [1.165, 1.54) is 36.6 Å². The van der Waals surface area contributed by atoms with Crippen LogP contribution >= 0.6 is 11.3 Å². The minimum absolute atomic E-state index is 0.152. The smallest absolute Gasteiger partial charge is 0.325 e. The van der Waals surface area contributed by atoms with Crippen LogP contribution in [0.3, 0.4) is 0 Å². The van der Waals surface area contributed by atoms with Crippen LogP contribution in [0.1, 0.15) is 0 Å². The number of benzene rings is 2. The number of anilines is 2. The molecule has 0 unspecified atom stereocenters. The van der Waals surface area contributed by atoms with Crippen LogP contribution < -0.4 is 20.1 Å². The molecule has 8 heteroatoms.